The molecule has 3 saturated heterocycles. The Bertz CT molecular complexity index is 1210. The summed E-state index contributed by atoms with van der Waals surface area (Å²) in [7, 11) is 0. The number of anilines is 2. The number of nitrogens with one attached hydrogen (secondary N) is 1. The van der Waals surface area contributed by atoms with E-state index in [1.165, 1.54) is 55.1 Å². The second-order valence-electron chi connectivity index (χ2n) is 10.7. The van der Waals surface area contributed by atoms with Crippen LogP contribution >= 0.6 is 0 Å². The molecular formula is C27H32N6O. The molecule has 34 heavy (non-hydrogen) atoms. The van der Waals surface area contributed by atoms with Crippen LogP contribution in [0.3, 0.4) is 0 Å². The van der Waals surface area contributed by atoms with Crippen LogP contribution in [0.4, 0.5) is 11.4 Å². The van der Waals surface area contributed by atoms with Crippen LogP contribution in [0.5, 0.6) is 0 Å². The van der Waals surface area contributed by atoms with Crippen LogP contribution in [0, 0.1) is 11.3 Å². The van der Waals surface area contributed by atoms with E-state index in [9.17, 15) is 4.79 Å². The number of fused-ring (bicyclic) bond motifs is 1. The van der Waals surface area contributed by atoms with E-state index in [1.54, 1.807) is 0 Å². The highest BCUT2D eigenvalue weighted by Crippen LogP contribution is 2.39. The summed E-state index contributed by atoms with van der Waals surface area (Å²) in [5.74, 6) is 0.668. The number of hydrogen-bond donors (Lipinski definition) is 1. The van der Waals surface area contributed by atoms with E-state index in [-0.39, 0.29) is 0 Å². The van der Waals surface area contributed by atoms with E-state index in [2.05, 4.69) is 67.7 Å². The summed E-state index contributed by atoms with van der Waals surface area (Å²) >= 11 is 0. The summed E-state index contributed by atoms with van der Waals surface area (Å²) in [5.41, 5.74) is 6.57. The maximum Gasteiger partial charge on any atom is 0.225 e. The van der Waals surface area contributed by atoms with Crippen molar-refractivity contribution in [3.8, 4) is 11.1 Å². The van der Waals surface area contributed by atoms with Gasteiger partial charge >= 0.3 is 0 Å². The Morgan fingerprint density at radius 1 is 0.971 bits per heavy atom. The molecule has 4 aliphatic rings. The van der Waals surface area contributed by atoms with Crippen molar-refractivity contribution in [2.24, 2.45) is 11.3 Å². The fourth-order valence-electron chi connectivity index (χ4n) is 6.06. The smallest absolute Gasteiger partial charge is 0.225 e. The second-order valence-corrected chi connectivity index (χ2v) is 10.7. The minimum absolute atomic E-state index is 0.306. The Morgan fingerprint density at radius 3 is 2.47 bits per heavy atom. The standard InChI is InChI=1S/C27H32N6O/c34-26(21-1-2-21)31-13-11-30(12-14-31)24-7-9-29-33-16-22(15-25(24)33)20-3-5-23(6-4-20)32-18-27(19-32)8-10-28-17-27/h3-7,9,15-16,21,28H,1-2,8,10-14,17-19H2. The van der Waals surface area contributed by atoms with Crippen molar-refractivity contribution in [1.29, 1.82) is 0 Å². The number of amides is 1. The number of nitrogens with zero attached hydrogens (tertiary/aromatic N) is 5. The number of rotatable bonds is 4. The van der Waals surface area contributed by atoms with Gasteiger partial charge in [-0.25, -0.2) is 4.52 Å². The lowest BCUT2D eigenvalue weighted by atomic mass is 9.79. The molecule has 1 aliphatic carbocycles. The summed E-state index contributed by atoms with van der Waals surface area (Å²) < 4.78 is 1.99. The van der Waals surface area contributed by atoms with Crippen molar-refractivity contribution in [3.05, 3.63) is 48.8 Å². The molecule has 0 radical (unpaired) electrons. The molecule has 0 unspecified atom stereocenters. The van der Waals surface area contributed by atoms with Gasteiger partial charge in [0.2, 0.25) is 5.91 Å². The zero-order valence-corrected chi connectivity index (χ0v) is 19.6. The van der Waals surface area contributed by atoms with Gasteiger partial charge in [0.25, 0.3) is 0 Å². The number of benzene rings is 1. The molecular weight excluding hydrogens is 424 g/mol. The zero-order valence-electron chi connectivity index (χ0n) is 19.6. The van der Waals surface area contributed by atoms with Gasteiger partial charge in [0.15, 0.2) is 0 Å². The molecule has 1 amide bonds. The summed E-state index contributed by atoms with van der Waals surface area (Å²) in [6, 6.07) is 13.4. The maximum absolute atomic E-state index is 12.4. The van der Waals surface area contributed by atoms with Crippen LogP contribution in [-0.4, -0.2) is 72.8 Å². The Balaban J connectivity index is 1.08. The van der Waals surface area contributed by atoms with Crippen molar-refractivity contribution in [3.63, 3.8) is 0 Å². The van der Waals surface area contributed by atoms with Gasteiger partial charge < -0.3 is 20.0 Å². The van der Waals surface area contributed by atoms with Crippen molar-refractivity contribution >= 4 is 22.8 Å². The van der Waals surface area contributed by atoms with Gasteiger partial charge in [-0.3, -0.25) is 4.79 Å². The Morgan fingerprint density at radius 2 is 1.76 bits per heavy atom. The number of piperazine rings is 1. The summed E-state index contributed by atoms with van der Waals surface area (Å²) in [4.78, 5) is 19.4. The quantitative estimate of drug-likeness (QED) is 0.654. The number of carbonyl (C=O) groups is 1. The van der Waals surface area contributed by atoms with Crippen LogP contribution in [-0.2, 0) is 4.79 Å². The van der Waals surface area contributed by atoms with Gasteiger partial charge in [-0.1, -0.05) is 12.1 Å². The lowest BCUT2D eigenvalue weighted by Crippen LogP contribution is -2.57. The Hall–Kier alpha value is -3.06. The van der Waals surface area contributed by atoms with Gasteiger partial charge in [-0.15, -0.1) is 0 Å². The fraction of sp³-hybridized carbons (Fsp3) is 0.481. The van der Waals surface area contributed by atoms with Crippen molar-refractivity contribution in [1.82, 2.24) is 19.8 Å². The van der Waals surface area contributed by atoms with Crippen molar-refractivity contribution in [2.75, 3.05) is 62.2 Å². The first-order valence-corrected chi connectivity index (χ1v) is 12.7. The third-order valence-corrected chi connectivity index (χ3v) is 8.30. The highest BCUT2D eigenvalue weighted by molar-refractivity contribution is 5.82. The molecule has 1 spiro atoms. The molecule has 176 valence electrons. The molecule has 5 heterocycles. The number of aromatic nitrogens is 2. The first-order valence-electron chi connectivity index (χ1n) is 12.7. The first kappa shape index (κ1) is 20.3. The van der Waals surface area contributed by atoms with Crippen molar-refractivity contribution in [2.45, 2.75) is 19.3 Å². The molecule has 1 saturated carbocycles. The zero-order chi connectivity index (χ0) is 22.7. The average molecular weight is 457 g/mol. The van der Waals surface area contributed by atoms with E-state index >= 15 is 0 Å². The minimum atomic E-state index is 0.306. The molecule has 0 atom stereocenters. The highest BCUT2D eigenvalue weighted by atomic mass is 16.2. The van der Waals surface area contributed by atoms with E-state index < -0.39 is 0 Å². The molecule has 7 nitrogen and oxygen atoms in total. The number of hydrogen-bond acceptors (Lipinski definition) is 5. The predicted octanol–water partition coefficient (Wildman–Crippen LogP) is 2.86. The Kier molecular flexibility index (Phi) is 4.62. The normalized spacial score (nSPS) is 21.9. The molecule has 1 N–H and O–H groups in total. The van der Waals surface area contributed by atoms with E-state index in [4.69, 9.17) is 0 Å². The van der Waals surface area contributed by atoms with E-state index in [1.807, 2.05) is 10.7 Å². The predicted molar refractivity (Wildman–Crippen MR) is 134 cm³/mol. The molecule has 7 heteroatoms. The monoisotopic (exact) mass is 456 g/mol. The fourth-order valence-corrected chi connectivity index (χ4v) is 6.06. The van der Waals surface area contributed by atoms with Crippen LogP contribution in [0.15, 0.2) is 48.8 Å². The van der Waals surface area contributed by atoms with E-state index in [0.29, 0.717) is 17.2 Å². The van der Waals surface area contributed by atoms with E-state index in [0.717, 1.165) is 44.5 Å². The molecule has 0 bridgehead atoms. The van der Waals surface area contributed by atoms with Crippen LogP contribution in [0.2, 0.25) is 0 Å². The molecule has 1 aromatic carbocycles. The van der Waals surface area contributed by atoms with Crippen LogP contribution in [0.25, 0.3) is 16.6 Å². The minimum Gasteiger partial charge on any atom is -0.370 e. The molecule has 7 rings (SSSR count). The molecule has 3 aliphatic heterocycles. The van der Waals surface area contributed by atoms with Gasteiger partial charge in [0.1, 0.15) is 0 Å². The average Bonchev–Trinajstić information content (AvgIpc) is 3.41. The second kappa shape index (κ2) is 7.73. The molecule has 4 fully saturated rings. The molecule has 2 aromatic heterocycles. The van der Waals surface area contributed by atoms with Crippen LogP contribution in [0.1, 0.15) is 19.3 Å². The lowest BCUT2D eigenvalue weighted by molar-refractivity contribution is -0.132. The first-order chi connectivity index (χ1) is 16.7. The summed E-state index contributed by atoms with van der Waals surface area (Å²) in [6.45, 7) is 8.05. The maximum atomic E-state index is 12.4. The summed E-state index contributed by atoms with van der Waals surface area (Å²) in [6.07, 6.45) is 7.47. The molecule has 3 aromatic rings. The topological polar surface area (TPSA) is 56.1 Å². The van der Waals surface area contributed by atoms with Gasteiger partial charge in [0, 0.05) is 80.8 Å². The van der Waals surface area contributed by atoms with Crippen molar-refractivity contribution < 1.29 is 4.79 Å². The SMILES string of the molecule is O=C(C1CC1)N1CCN(c2ccnn3cc(-c4ccc(N5CC6(CCNC6)C5)cc4)cc23)CC1. The number of carbonyl (C=O) groups excluding carboxylic acids is 1. The summed E-state index contributed by atoms with van der Waals surface area (Å²) in [5, 5.41) is 8.09. The van der Waals surface area contributed by atoms with Crippen LogP contribution < -0.4 is 15.1 Å². The third-order valence-electron chi connectivity index (χ3n) is 8.30. The largest absolute Gasteiger partial charge is 0.370 e. The third kappa shape index (κ3) is 3.45. The lowest BCUT2D eigenvalue weighted by Gasteiger charge is -2.49. The van der Waals surface area contributed by atoms with Gasteiger partial charge in [0.05, 0.1) is 11.2 Å². The van der Waals surface area contributed by atoms with Gasteiger partial charge in [-0.2, -0.15) is 5.10 Å². The Labute approximate surface area is 200 Å². The van der Waals surface area contributed by atoms with Gasteiger partial charge in [-0.05, 0) is 55.6 Å². The highest BCUT2D eigenvalue weighted by Gasteiger charge is 2.44.